The molecule has 1 aromatic carbocycles. The van der Waals surface area contributed by atoms with E-state index in [1.165, 1.54) is 12.1 Å². The van der Waals surface area contributed by atoms with E-state index in [0.717, 1.165) is 18.4 Å². The molecular formula is C13H15FO2. The third-order valence-corrected chi connectivity index (χ3v) is 2.63. The van der Waals surface area contributed by atoms with Crippen LogP contribution in [0.1, 0.15) is 18.4 Å². The first-order valence-electron chi connectivity index (χ1n) is 5.51. The lowest BCUT2D eigenvalue weighted by Gasteiger charge is -2.19. The van der Waals surface area contributed by atoms with E-state index in [2.05, 4.69) is 0 Å². The highest BCUT2D eigenvalue weighted by Gasteiger charge is 2.15. The quantitative estimate of drug-likeness (QED) is 0.851. The van der Waals surface area contributed by atoms with Crippen LogP contribution >= 0.6 is 0 Å². The van der Waals surface area contributed by atoms with Gasteiger partial charge in [-0.1, -0.05) is 12.1 Å². The summed E-state index contributed by atoms with van der Waals surface area (Å²) >= 11 is 0. The minimum atomic E-state index is -0.620. The summed E-state index contributed by atoms with van der Waals surface area (Å²) in [5.41, 5.74) is 0.906. The number of aliphatic hydroxyl groups excluding tert-OH is 1. The van der Waals surface area contributed by atoms with Crippen molar-refractivity contribution in [3.05, 3.63) is 47.5 Å². The standard InChI is InChI=1S/C13H15FO2/c14-11-6-4-10(5-7-11)9-12(15)13-3-1-2-8-16-13/h3-7,12,15H,1-2,8-9H2. The third-order valence-electron chi connectivity index (χ3n) is 2.63. The highest BCUT2D eigenvalue weighted by Crippen LogP contribution is 2.17. The van der Waals surface area contributed by atoms with Crippen molar-refractivity contribution in [2.45, 2.75) is 25.4 Å². The highest BCUT2D eigenvalue weighted by molar-refractivity contribution is 5.19. The predicted molar refractivity (Wildman–Crippen MR) is 59.4 cm³/mol. The molecule has 1 aliphatic heterocycles. The molecule has 2 rings (SSSR count). The zero-order valence-electron chi connectivity index (χ0n) is 9.03. The van der Waals surface area contributed by atoms with Gasteiger partial charge in [0.1, 0.15) is 17.7 Å². The molecule has 1 N–H and O–H groups in total. The van der Waals surface area contributed by atoms with Crippen molar-refractivity contribution >= 4 is 0 Å². The number of ether oxygens (including phenoxy) is 1. The van der Waals surface area contributed by atoms with Crippen LogP contribution in [-0.4, -0.2) is 17.8 Å². The lowest BCUT2D eigenvalue weighted by Crippen LogP contribution is -2.18. The first-order chi connectivity index (χ1) is 7.75. The van der Waals surface area contributed by atoms with E-state index in [1.54, 1.807) is 12.1 Å². The van der Waals surface area contributed by atoms with Crippen molar-refractivity contribution in [2.75, 3.05) is 6.61 Å². The van der Waals surface area contributed by atoms with Gasteiger partial charge in [-0.05, 0) is 36.6 Å². The topological polar surface area (TPSA) is 29.5 Å². The second-order valence-corrected chi connectivity index (χ2v) is 3.94. The Morgan fingerprint density at radius 2 is 2.06 bits per heavy atom. The highest BCUT2D eigenvalue weighted by atomic mass is 19.1. The smallest absolute Gasteiger partial charge is 0.123 e. The van der Waals surface area contributed by atoms with Gasteiger partial charge in [-0.25, -0.2) is 4.39 Å². The number of hydrogen-bond acceptors (Lipinski definition) is 2. The molecule has 0 aliphatic carbocycles. The van der Waals surface area contributed by atoms with Crippen LogP contribution in [0.2, 0.25) is 0 Å². The van der Waals surface area contributed by atoms with Crippen molar-refractivity contribution in [3.63, 3.8) is 0 Å². The Morgan fingerprint density at radius 1 is 1.31 bits per heavy atom. The molecule has 2 nitrogen and oxygen atoms in total. The summed E-state index contributed by atoms with van der Waals surface area (Å²) < 4.78 is 18.1. The summed E-state index contributed by atoms with van der Waals surface area (Å²) in [6.45, 7) is 0.673. The van der Waals surface area contributed by atoms with E-state index < -0.39 is 6.10 Å². The largest absolute Gasteiger partial charge is 0.495 e. The fraction of sp³-hybridized carbons (Fsp3) is 0.385. The minimum absolute atomic E-state index is 0.258. The predicted octanol–water partition coefficient (Wildman–Crippen LogP) is 2.42. The Balaban J connectivity index is 1.98. The first kappa shape index (κ1) is 11.1. The van der Waals surface area contributed by atoms with Crippen molar-refractivity contribution in [1.29, 1.82) is 0 Å². The fourth-order valence-electron chi connectivity index (χ4n) is 1.75. The van der Waals surface area contributed by atoms with E-state index in [9.17, 15) is 9.50 Å². The Morgan fingerprint density at radius 3 is 2.69 bits per heavy atom. The van der Waals surface area contributed by atoms with E-state index in [4.69, 9.17) is 4.74 Å². The van der Waals surface area contributed by atoms with Gasteiger partial charge in [0, 0.05) is 6.42 Å². The summed E-state index contributed by atoms with van der Waals surface area (Å²) in [4.78, 5) is 0. The maximum atomic E-state index is 12.7. The van der Waals surface area contributed by atoms with Crippen LogP contribution in [0.25, 0.3) is 0 Å². The van der Waals surface area contributed by atoms with Crippen LogP contribution in [-0.2, 0) is 11.2 Å². The van der Waals surface area contributed by atoms with Gasteiger partial charge in [0.05, 0.1) is 6.61 Å². The van der Waals surface area contributed by atoms with Crippen molar-refractivity contribution in [1.82, 2.24) is 0 Å². The van der Waals surface area contributed by atoms with E-state index >= 15 is 0 Å². The molecule has 1 aliphatic rings. The van der Waals surface area contributed by atoms with E-state index in [1.807, 2.05) is 6.08 Å². The summed E-state index contributed by atoms with van der Waals surface area (Å²) in [6.07, 6.45) is 3.73. The first-order valence-corrected chi connectivity index (χ1v) is 5.51. The van der Waals surface area contributed by atoms with Gasteiger partial charge < -0.3 is 9.84 Å². The lowest BCUT2D eigenvalue weighted by molar-refractivity contribution is 0.0918. The van der Waals surface area contributed by atoms with Gasteiger partial charge in [-0.15, -0.1) is 0 Å². The molecule has 1 unspecified atom stereocenters. The molecule has 0 fully saturated rings. The van der Waals surface area contributed by atoms with Crippen LogP contribution in [0.5, 0.6) is 0 Å². The zero-order valence-corrected chi connectivity index (χ0v) is 9.03. The summed E-state index contributed by atoms with van der Waals surface area (Å²) in [7, 11) is 0. The number of allylic oxidation sites excluding steroid dienone is 1. The van der Waals surface area contributed by atoms with Crippen molar-refractivity contribution < 1.29 is 14.2 Å². The van der Waals surface area contributed by atoms with E-state index in [-0.39, 0.29) is 5.82 Å². The molecule has 1 atom stereocenters. The molecule has 0 saturated heterocycles. The average Bonchev–Trinajstić information content (AvgIpc) is 2.33. The SMILES string of the molecule is OC(Cc1ccc(F)cc1)C1=CCCCO1. The van der Waals surface area contributed by atoms with Gasteiger partial charge in [0.25, 0.3) is 0 Å². The molecule has 0 aromatic heterocycles. The van der Waals surface area contributed by atoms with Gasteiger partial charge in [-0.2, -0.15) is 0 Å². The maximum absolute atomic E-state index is 12.7. The summed E-state index contributed by atoms with van der Waals surface area (Å²) in [5, 5.41) is 9.91. The Kier molecular flexibility index (Phi) is 3.57. The second kappa shape index (κ2) is 5.12. The summed E-state index contributed by atoms with van der Waals surface area (Å²) in [5.74, 6) is 0.391. The van der Waals surface area contributed by atoms with Crippen LogP contribution in [0, 0.1) is 5.82 Å². The second-order valence-electron chi connectivity index (χ2n) is 3.94. The van der Waals surface area contributed by atoms with Gasteiger partial charge >= 0.3 is 0 Å². The third kappa shape index (κ3) is 2.83. The molecule has 86 valence electrons. The number of benzene rings is 1. The Hall–Kier alpha value is -1.35. The van der Waals surface area contributed by atoms with Crippen LogP contribution in [0.4, 0.5) is 4.39 Å². The van der Waals surface area contributed by atoms with Crippen molar-refractivity contribution in [2.24, 2.45) is 0 Å². The Bertz CT molecular complexity index is 370. The van der Waals surface area contributed by atoms with Gasteiger partial charge in [-0.3, -0.25) is 0 Å². The van der Waals surface area contributed by atoms with E-state index in [0.29, 0.717) is 18.8 Å². The molecule has 16 heavy (non-hydrogen) atoms. The average molecular weight is 222 g/mol. The Labute approximate surface area is 94.4 Å². The molecule has 3 heteroatoms. The van der Waals surface area contributed by atoms with Crippen LogP contribution in [0.3, 0.4) is 0 Å². The van der Waals surface area contributed by atoms with Crippen molar-refractivity contribution in [3.8, 4) is 0 Å². The zero-order chi connectivity index (χ0) is 11.4. The normalized spacial score (nSPS) is 17.5. The monoisotopic (exact) mass is 222 g/mol. The molecule has 0 amide bonds. The molecule has 1 aromatic rings. The minimum Gasteiger partial charge on any atom is -0.495 e. The van der Waals surface area contributed by atoms with Gasteiger partial charge in [0.15, 0.2) is 0 Å². The van der Waals surface area contributed by atoms with Gasteiger partial charge in [0.2, 0.25) is 0 Å². The maximum Gasteiger partial charge on any atom is 0.123 e. The summed E-state index contributed by atoms with van der Waals surface area (Å²) in [6, 6.07) is 6.17. The van der Waals surface area contributed by atoms with Crippen LogP contribution < -0.4 is 0 Å². The lowest BCUT2D eigenvalue weighted by atomic mass is 10.0. The number of aliphatic hydroxyl groups is 1. The molecule has 0 bridgehead atoms. The number of hydrogen-bond donors (Lipinski definition) is 1. The fourth-order valence-corrected chi connectivity index (χ4v) is 1.75. The molecular weight excluding hydrogens is 207 g/mol. The molecule has 1 heterocycles. The number of halogens is 1. The number of rotatable bonds is 3. The molecule has 0 radical (unpaired) electrons. The van der Waals surface area contributed by atoms with Crippen LogP contribution in [0.15, 0.2) is 36.1 Å². The molecule has 0 spiro atoms. The molecule has 0 saturated carbocycles.